The fourth-order valence-corrected chi connectivity index (χ4v) is 1.40. The first kappa shape index (κ1) is 12.7. The summed E-state index contributed by atoms with van der Waals surface area (Å²) in [6.45, 7) is 1.96. The number of aryl methyl sites for hydroxylation is 1. The van der Waals surface area contributed by atoms with Gasteiger partial charge in [-0.25, -0.2) is 0 Å². The Morgan fingerprint density at radius 2 is 1.06 bits per heavy atom. The summed E-state index contributed by atoms with van der Waals surface area (Å²) in [7, 11) is 0. The van der Waals surface area contributed by atoms with Crippen molar-refractivity contribution in [2.45, 2.75) is 6.92 Å². The molecule has 2 rings (SSSR count). The van der Waals surface area contributed by atoms with Gasteiger partial charge in [0, 0.05) is 22.7 Å². The summed E-state index contributed by atoms with van der Waals surface area (Å²) in [5.74, 6) is 0. The summed E-state index contributed by atoms with van der Waals surface area (Å²) in [6, 6.07) is 12.7. The van der Waals surface area contributed by atoms with Gasteiger partial charge in [0.15, 0.2) is 0 Å². The summed E-state index contributed by atoms with van der Waals surface area (Å²) in [5, 5.41) is 0. The van der Waals surface area contributed by atoms with E-state index in [1.807, 2.05) is 25.1 Å². The first-order valence-corrected chi connectivity index (χ1v) is 5.21. The third-order valence-corrected chi connectivity index (χ3v) is 2.03. The lowest BCUT2D eigenvalue weighted by molar-refractivity contribution is 1.47. The van der Waals surface area contributed by atoms with E-state index in [4.69, 9.17) is 22.9 Å². The summed E-state index contributed by atoms with van der Waals surface area (Å²) >= 11 is 0. The third kappa shape index (κ3) is 4.79. The van der Waals surface area contributed by atoms with E-state index in [0.717, 1.165) is 16.9 Å². The van der Waals surface area contributed by atoms with E-state index in [9.17, 15) is 0 Å². The fourth-order valence-electron chi connectivity index (χ4n) is 1.40. The van der Waals surface area contributed by atoms with E-state index in [2.05, 4.69) is 0 Å². The van der Waals surface area contributed by atoms with Crippen LogP contribution in [0, 0.1) is 6.92 Å². The summed E-state index contributed by atoms with van der Waals surface area (Å²) in [4.78, 5) is 0. The van der Waals surface area contributed by atoms with Gasteiger partial charge < -0.3 is 22.9 Å². The maximum atomic E-state index is 5.48. The molecule has 4 heteroatoms. The van der Waals surface area contributed by atoms with Crippen LogP contribution in [0.1, 0.15) is 5.56 Å². The Hall–Kier alpha value is -2.36. The van der Waals surface area contributed by atoms with Gasteiger partial charge in [0.05, 0.1) is 0 Å². The normalized spacial score (nSPS) is 9.24. The number of hydrogen-bond acceptors (Lipinski definition) is 4. The van der Waals surface area contributed by atoms with Crippen molar-refractivity contribution in [1.29, 1.82) is 0 Å². The molecule has 8 N–H and O–H groups in total. The molecule has 0 aliphatic carbocycles. The van der Waals surface area contributed by atoms with Gasteiger partial charge in [-0.05, 0) is 48.9 Å². The van der Waals surface area contributed by atoms with Gasteiger partial charge in [-0.1, -0.05) is 6.07 Å². The van der Waals surface area contributed by atoms with Crippen LogP contribution in [-0.4, -0.2) is 0 Å². The molecule has 0 aromatic heterocycles. The molecule has 4 nitrogen and oxygen atoms in total. The van der Waals surface area contributed by atoms with Gasteiger partial charge in [-0.2, -0.15) is 0 Å². The Labute approximate surface area is 101 Å². The van der Waals surface area contributed by atoms with Gasteiger partial charge >= 0.3 is 0 Å². The van der Waals surface area contributed by atoms with E-state index in [1.54, 1.807) is 24.3 Å². The average Bonchev–Trinajstić information content (AvgIpc) is 2.15. The second-order valence-corrected chi connectivity index (χ2v) is 3.85. The molecule has 2 aromatic carbocycles. The second kappa shape index (κ2) is 5.65. The van der Waals surface area contributed by atoms with Crippen molar-refractivity contribution in [3.8, 4) is 0 Å². The third-order valence-electron chi connectivity index (χ3n) is 2.03. The van der Waals surface area contributed by atoms with Crippen LogP contribution in [0.2, 0.25) is 0 Å². The predicted molar refractivity (Wildman–Crippen MR) is 75.3 cm³/mol. The van der Waals surface area contributed by atoms with E-state index >= 15 is 0 Å². The van der Waals surface area contributed by atoms with Crippen LogP contribution in [-0.2, 0) is 0 Å². The molecule has 0 saturated heterocycles. The Bertz CT molecular complexity index is 427. The predicted octanol–water partition coefficient (Wildman–Crippen LogP) is 2.01. The zero-order valence-electron chi connectivity index (χ0n) is 9.85. The zero-order valence-corrected chi connectivity index (χ0v) is 9.85. The van der Waals surface area contributed by atoms with Crippen LogP contribution in [0.4, 0.5) is 22.7 Å². The summed E-state index contributed by atoms with van der Waals surface area (Å²) in [6.07, 6.45) is 0. The highest BCUT2D eigenvalue weighted by Gasteiger charge is 1.88. The zero-order chi connectivity index (χ0) is 12.8. The lowest BCUT2D eigenvalue weighted by atomic mass is 10.2. The van der Waals surface area contributed by atoms with Crippen LogP contribution >= 0.6 is 0 Å². The number of hydrogen-bond donors (Lipinski definition) is 4. The smallest absolute Gasteiger partial charge is 0.0337 e. The summed E-state index contributed by atoms with van der Waals surface area (Å²) in [5.41, 5.74) is 25.7. The average molecular weight is 230 g/mol. The van der Waals surface area contributed by atoms with Crippen LogP contribution in [0.25, 0.3) is 0 Å². The standard InChI is InChI=1S/C7H10N2.C6H8N2/c1-5-2-6(8)4-7(9)3-5;7-5-2-1-3-6(8)4-5/h2-4H,8-9H2,1H3;1-4H,7-8H2. The minimum absolute atomic E-state index is 0.713. The molecule has 0 radical (unpaired) electrons. The van der Waals surface area contributed by atoms with Crippen LogP contribution in [0.3, 0.4) is 0 Å². The quantitative estimate of drug-likeness (QED) is 0.519. The topological polar surface area (TPSA) is 104 Å². The van der Waals surface area contributed by atoms with Crippen molar-refractivity contribution < 1.29 is 0 Å². The molecule has 90 valence electrons. The lowest BCUT2D eigenvalue weighted by Gasteiger charge is -1.97. The largest absolute Gasteiger partial charge is 0.399 e. The number of benzene rings is 2. The highest BCUT2D eigenvalue weighted by molar-refractivity contribution is 5.53. The lowest BCUT2D eigenvalue weighted by Crippen LogP contribution is -1.90. The van der Waals surface area contributed by atoms with Crippen molar-refractivity contribution in [2.24, 2.45) is 0 Å². The van der Waals surface area contributed by atoms with Crippen molar-refractivity contribution >= 4 is 22.7 Å². The maximum absolute atomic E-state index is 5.48. The van der Waals surface area contributed by atoms with Crippen LogP contribution in [0.5, 0.6) is 0 Å². The first-order valence-electron chi connectivity index (χ1n) is 5.21. The van der Waals surface area contributed by atoms with Gasteiger partial charge in [-0.15, -0.1) is 0 Å². The van der Waals surface area contributed by atoms with Crippen molar-refractivity contribution in [3.63, 3.8) is 0 Å². The molecule has 2 aromatic rings. The molecular formula is C13H18N4. The minimum atomic E-state index is 0.713. The molecule has 0 bridgehead atoms. The number of nitrogens with two attached hydrogens (primary N) is 4. The van der Waals surface area contributed by atoms with Crippen LogP contribution < -0.4 is 22.9 Å². The van der Waals surface area contributed by atoms with Crippen molar-refractivity contribution in [3.05, 3.63) is 48.0 Å². The Morgan fingerprint density at radius 1 is 0.647 bits per heavy atom. The van der Waals surface area contributed by atoms with E-state index < -0.39 is 0 Å². The molecule has 0 atom stereocenters. The molecule has 0 aliphatic heterocycles. The fraction of sp³-hybridized carbons (Fsp3) is 0.0769. The molecule has 0 saturated carbocycles. The second-order valence-electron chi connectivity index (χ2n) is 3.85. The molecule has 0 spiro atoms. The highest BCUT2D eigenvalue weighted by Crippen LogP contribution is 2.11. The maximum Gasteiger partial charge on any atom is 0.0337 e. The number of nitrogen functional groups attached to an aromatic ring is 4. The van der Waals surface area contributed by atoms with Crippen LogP contribution in [0.15, 0.2) is 42.5 Å². The van der Waals surface area contributed by atoms with E-state index in [1.165, 1.54) is 0 Å². The Kier molecular flexibility index (Phi) is 4.22. The van der Waals surface area contributed by atoms with E-state index in [-0.39, 0.29) is 0 Å². The molecule has 0 aliphatic rings. The number of rotatable bonds is 0. The highest BCUT2D eigenvalue weighted by atomic mass is 14.6. The first-order chi connectivity index (χ1) is 7.97. The molecule has 0 amide bonds. The van der Waals surface area contributed by atoms with Gasteiger partial charge in [0.1, 0.15) is 0 Å². The van der Waals surface area contributed by atoms with Crippen molar-refractivity contribution in [2.75, 3.05) is 22.9 Å². The Balaban J connectivity index is 0.000000171. The van der Waals surface area contributed by atoms with Gasteiger partial charge in [0.25, 0.3) is 0 Å². The van der Waals surface area contributed by atoms with E-state index in [0.29, 0.717) is 11.4 Å². The summed E-state index contributed by atoms with van der Waals surface area (Å²) < 4.78 is 0. The minimum Gasteiger partial charge on any atom is -0.399 e. The molecule has 17 heavy (non-hydrogen) atoms. The molecule has 0 heterocycles. The monoisotopic (exact) mass is 230 g/mol. The van der Waals surface area contributed by atoms with Gasteiger partial charge in [0.2, 0.25) is 0 Å². The molecule has 0 fully saturated rings. The molecule has 0 unspecified atom stereocenters. The molecular weight excluding hydrogens is 212 g/mol. The van der Waals surface area contributed by atoms with Gasteiger partial charge in [-0.3, -0.25) is 0 Å². The van der Waals surface area contributed by atoms with Crippen molar-refractivity contribution in [1.82, 2.24) is 0 Å². The SMILES string of the molecule is Cc1cc(N)cc(N)c1.Nc1cccc(N)c1. The Morgan fingerprint density at radius 3 is 1.35 bits per heavy atom. The number of anilines is 4.